The first kappa shape index (κ1) is 22.5. The SMILES string of the molecule is CCN(CC(=O)Nc1ccc(NC(C)=O)cc1)CC(=O)N[C@H]1CCCc2ccccc21. The van der Waals surface area contributed by atoms with Gasteiger partial charge in [0.2, 0.25) is 17.7 Å². The van der Waals surface area contributed by atoms with E-state index in [1.165, 1.54) is 18.1 Å². The average molecular weight is 423 g/mol. The summed E-state index contributed by atoms with van der Waals surface area (Å²) in [4.78, 5) is 38.0. The van der Waals surface area contributed by atoms with E-state index < -0.39 is 0 Å². The van der Waals surface area contributed by atoms with E-state index in [4.69, 9.17) is 0 Å². The smallest absolute Gasteiger partial charge is 0.238 e. The van der Waals surface area contributed by atoms with Gasteiger partial charge in [-0.05, 0) is 61.2 Å². The second-order valence-corrected chi connectivity index (χ2v) is 7.82. The van der Waals surface area contributed by atoms with Crippen LogP contribution in [0, 0.1) is 0 Å². The number of likely N-dealkylation sites (N-methyl/N-ethyl adjacent to an activating group) is 1. The van der Waals surface area contributed by atoms with Gasteiger partial charge >= 0.3 is 0 Å². The van der Waals surface area contributed by atoms with E-state index in [-0.39, 0.29) is 36.9 Å². The topological polar surface area (TPSA) is 90.5 Å². The van der Waals surface area contributed by atoms with Crippen molar-refractivity contribution in [2.45, 2.75) is 39.2 Å². The fourth-order valence-electron chi connectivity index (χ4n) is 3.87. The fourth-order valence-corrected chi connectivity index (χ4v) is 3.87. The van der Waals surface area contributed by atoms with Crippen molar-refractivity contribution in [3.05, 3.63) is 59.7 Å². The Labute approximate surface area is 183 Å². The molecular weight excluding hydrogens is 392 g/mol. The Kier molecular flexibility index (Phi) is 7.78. The van der Waals surface area contributed by atoms with Gasteiger partial charge in [0.25, 0.3) is 0 Å². The molecular formula is C24H30N4O3. The largest absolute Gasteiger partial charge is 0.348 e. The molecule has 0 spiro atoms. The Hall–Kier alpha value is -3.19. The summed E-state index contributed by atoms with van der Waals surface area (Å²) in [6, 6.07) is 15.2. The maximum Gasteiger partial charge on any atom is 0.238 e. The monoisotopic (exact) mass is 422 g/mol. The minimum absolute atomic E-state index is 0.0344. The van der Waals surface area contributed by atoms with Crippen LogP contribution in [0.3, 0.4) is 0 Å². The van der Waals surface area contributed by atoms with Crippen molar-refractivity contribution in [2.75, 3.05) is 30.3 Å². The molecule has 1 atom stereocenters. The highest BCUT2D eigenvalue weighted by Gasteiger charge is 2.22. The number of fused-ring (bicyclic) bond motifs is 1. The molecule has 164 valence electrons. The third-order valence-corrected chi connectivity index (χ3v) is 5.38. The van der Waals surface area contributed by atoms with Gasteiger partial charge < -0.3 is 16.0 Å². The van der Waals surface area contributed by atoms with E-state index in [0.29, 0.717) is 17.9 Å². The average Bonchev–Trinajstić information content (AvgIpc) is 2.74. The van der Waals surface area contributed by atoms with Crippen LogP contribution in [0.25, 0.3) is 0 Å². The van der Waals surface area contributed by atoms with Crippen LogP contribution in [0.2, 0.25) is 0 Å². The lowest BCUT2D eigenvalue weighted by Gasteiger charge is -2.27. The standard InChI is InChI=1S/C24H30N4O3/c1-3-28(15-23(30)26-20-13-11-19(12-14-20)25-17(2)29)16-24(31)27-22-10-6-8-18-7-4-5-9-21(18)22/h4-5,7,9,11-14,22H,3,6,8,10,15-16H2,1-2H3,(H,25,29)(H,26,30)(H,27,31)/t22-/m0/s1. The van der Waals surface area contributed by atoms with E-state index >= 15 is 0 Å². The number of nitrogens with zero attached hydrogens (tertiary/aromatic N) is 1. The van der Waals surface area contributed by atoms with Crippen LogP contribution in [0.1, 0.15) is 43.9 Å². The molecule has 2 aromatic rings. The van der Waals surface area contributed by atoms with Crippen molar-refractivity contribution in [3.63, 3.8) is 0 Å². The number of hydrogen-bond donors (Lipinski definition) is 3. The number of aryl methyl sites for hydroxylation is 1. The van der Waals surface area contributed by atoms with Crippen LogP contribution in [-0.4, -0.2) is 42.3 Å². The van der Waals surface area contributed by atoms with E-state index in [9.17, 15) is 14.4 Å². The molecule has 31 heavy (non-hydrogen) atoms. The first-order valence-corrected chi connectivity index (χ1v) is 10.7. The molecule has 0 saturated heterocycles. The van der Waals surface area contributed by atoms with Crippen molar-refractivity contribution >= 4 is 29.1 Å². The van der Waals surface area contributed by atoms with Gasteiger partial charge in [-0.25, -0.2) is 0 Å². The Morgan fingerprint density at radius 1 is 0.935 bits per heavy atom. The molecule has 0 unspecified atom stereocenters. The highest BCUT2D eigenvalue weighted by atomic mass is 16.2. The number of rotatable bonds is 8. The number of carbonyl (C=O) groups is 3. The number of carbonyl (C=O) groups excluding carboxylic acids is 3. The van der Waals surface area contributed by atoms with Gasteiger partial charge in [0.1, 0.15) is 0 Å². The number of anilines is 2. The van der Waals surface area contributed by atoms with Gasteiger partial charge in [-0.3, -0.25) is 19.3 Å². The molecule has 0 heterocycles. The normalized spacial score (nSPS) is 15.1. The molecule has 7 heteroatoms. The first-order valence-electron chi connectivity index (χ1n) is 10.7. The third-order valence-electron chi connectivity index (χ3n) is 5.38. The van der Waals surface area contributed by atoms with Crippen LogP contribution in [0.15, 0.2) is 48.5 Å². The number of benzene rings is 2. The summed E-state index contributed by atoms with van der Waals surface area (Å²) in [6.07, 6.45) is 3.04. The highest BCUT2D eigenvalue weighted by molar-refractivity contribution is 5.93. The summed E-state index contributed by atoms with van der Waals surface area (Å²) in [6.45, 7) is 4.25. The van der Waals surface area contributed by atoms with Gasteiger partial charge in [-0.2, -0.15) is 0 Å². The Morgan fingerprint density at radius 3 is 2.26 bits per heavy atom. The predicted octanol–water partition coefficient (Wildman–Crippen LogP) is 3.10. The summed E-state index contributed by atoms with van der Waals surface area (Å²) in [7, 11) is 0. The Bertz CT molecular complexity index is 927. The van der Waals surface area contributed by atoms with Crippen LogP contribution in [0.4, 0.5) is 11.4 Å². The number of amides is 3. The second kappa shape index (κ2) is 10.7. The zero-order chi connectivity index (χ0) is 22.2. The maximum absolute atomic E-state index is 12.6. The lowest BCUT2D eigenvalue weighted by molar-refractivity contribution is -0.124. The van der Waals surface area contributed by atoms with Gasteiger partial charge in [0.05, 0.1) is 19.1 Å². The Morgan fingerprint density at radius 2 is 1.58 bits per heavy atom. The molecule has 0 radical (unpaired) electrons. The molecule has 0 saturated carbocycles. The van der Waals surface area contributed by atoms with Gasteiger partial charge in [-0.1, -0.05) is 31.2 Å². The van der Waals surface area contributed by atoms with Gasteiger partial charge in [0, 0.05) is 18.3 Å². The summed E-state index contributed by atoms with van der Waals surface area (Å²) in [5, 5.41) is 8.65. The molecule has 3 N–H and O–H groups in total. The van der Waals surface area contributed by atoms with Crippen molar-refractivity contribution in [2.24, 2.45) is 0 Å². The molecule has 1 aliphatic rings. The maximum atomic E-state index is 12.6. The van der Waals surface area contributed by atoms with Crippen molar-refractivity contribution < 1.29 is 14.4 Å². The van der Waals surface area contributed by atoms with E-state index in [1.54, 1.807) is 24.3 Å². The fraction of sp³-hybridized carbons (Fsp3) is 0.375. The van der Waals surface area contributed by atoms with Crippen molar-refractivity contribution in [1.82, 2.24) is 10.2 Å². The summed E-state index contributed by atoms with van der Waals surface area (Å²) < 4.78 is 0. The number of hydrogen-bond acceptors (Lipinski definition) is 4. The van der Waals surface area contributed by atoms with Crippen LogP contribution < -0.4 is 16.0 Å². The molecule has 1 aliphatic carbocycles. The summed E-state index contributed by atoms with van der Waals surface area (Å²) >= 11 is 0. The molecule has 0 aromatic heterocycles. The summed E-state index contributed by atoms with van der Waals surface area (Å²) in [5.74, 6) is -0.411. The van der Waals surface area contributed by atoms with Crippen LogP contribution in [0.5, 0.6) is 0 Å². The predicted molar refractivity (Wildman–Crippen MR) is 122 cm³/mol. The van der Waals surface area contributed by atoms with Crippen LogP contribution >= 0.6 is 0 Å². The van der Waals surface area contributed by atoms with E-state index in [1.807, 2.05) is 24.0 Å². The molecule has 0 fully saturated rings. The Balaban J connectivity index is 1.50. The molecule has 3 amide bonds. The molecule has 7 nitrogen and oxygen atoms in total. The summed E-state index contributed by atoms with van der Waals surface area (Å²) in [5.41, 5.74) is 3.81. The van der Waals surface area contributed by atoms with Gasteiger partial charge in [-0.15, -0.1) is 0 Å². The molecule has 0 bridgehead atoms. The minimum Gasteiger partial charge on any atom is -0.348 e. The first-order chi connectivity index (χ1) is 14.9. The highest BCUT2D eigenvalue weighted by Crippen LogP contribution is 2.29. The lowest BCUT2D eigenvalue weighted by Crippen LogP contribution is -2.42. The number of nitrogens with one attached hydrogen (secondary N) is 3. The molecule has 2 aromatic carbocycles. The van der Waals surface area contributed by atoms with E-state index in [0.717, 1.165) is 19.3 Å². The zero-order valence-corrected chi connectivity index (χ0v) is 18.1. The van der Waals surface area contributed by atoms with Gasteiger partial charge in [0.15, 0.2) is 0 Å². The van der Waals surface area contributed by atoms with Crippen molar-refractivity contribution in [3.8, 4) is 0 Å². The van der Waals surface area contributed by atoms with Crippen LogP contribution in [-0.2, 0) is 20.8 Å². The lowest BCUT2D eigenvalue weighted by atomic mass is 9.88. The molecule has 0 aliphatic heterocycles. The zero-order valence-electron chi connectivity index (χ0n) is 18.1. The minimum atomic E-state index is -0.190. The quantitative estimate of drug-likeness (QED) is 0.610. The van der Waals surface area contributed by atoms with E-state index in [2.05, 4.69) is 28.1 Å². The second-order valence-electron chi connectivity index (χ2n) is 7.82. The van der Waals surface area contributed by atoms with Crippen molar-refractivity contribution in [1.29, 1.82) is 0 Å². The molecule has 3 rings (SSSR count). The third kappa shape index (κ3) is 6.65.